The first-order valence-corrected chi connectivity index (χ1v) is 9.76. The van der Waals surface area contributed by atoms with Gasteiger partial charge in [-0.3, -0.25) is 10.0 Å². The molecule has 0 radical (unpaired) electrons. The Kier molecular flexibility index (Phi) is 5.40. The Morgan fingerprint density at radius 1 is 0.786 bits per heavy atom. The molecular formula is C24H24N2O2. The van der Waals surface area contributed by atoms with Crippen molar-refractivity contribution in [3.8, 4) is 11.1 Å². The van der Waals surface area contributed by atoms with E-state index in [1.807, 2.05) is 66.7 Å². The van der Waals surface area contributed by atoms with E-state index in [1.165, 1.54) is 19.3 Å². The van der Waals surface area contributed by atoms with Crippen LogP contribution < -0.4 is 9.96 Å². The van der Waals surface area contributed by atoms with Crippen LogP contribution in [0, 0.1) is 0 Å². The molecule has 3 aromatic rings. The first kappa shape index (κ1) is 18.3. The van der Waals surface area contributed by atoms with E-state index >= 15 is 0 Å². The Labute approximate surface area is 165 Å². The number of nitrogens with zero attached hydrogens (tertiary/aromatic N) is 2. The highest BCUT2D eigenvalue weighted by atomic mass is 16.5. The van der Waals surface area contributed by atoms with E-state index in [0.717, 1.165) is 35.0 Å². The maximum atomic E-state index is 12.9. The van der Waals surface area contributed by atoms with Gasteiger partial charge in [0.15, 0.2) is 0 Å². The van der Waals surface area contributed by atoms with Crippen LogP contribution in [0.25, 0.3) is 11.1 Å². The minimum Gasteiger partial charge on any atom is -0.372 e. The van der Waals surface area contributed by atoms with E-state index in [1.54, 1.807) is 12.1 Å². The third-order valence-corrected chi connectivity index (χ3v) is 5.20. The number of piperidine rings is 1. The van der Waals surface area contributed by atoms with Crippen LogP contribution in [0.15, 0.2) is 78.9 Å². The molecule has 0 bridgehead atoms. The fourth-order valence-electron chi connectivity index (χ4n) is 3.68. The maximum absolute atomic E-state index is 12.9. The van der Waals surface area contributed by atoms with Gasteiger partial charge in [0.05, 0.1) is 5.69 Å². The van der Waals surface area contributed by atoms with Crippen LogP contribution in [0.4, 0.5) is 11.4 Å². The van der Waals surface area contributed by atoms with Crippen LogP contribution in [0.2, 0.25) is 0 Å². The lowest BCUT2D eigenvalue weighted by molar-refractivity contribution is 0.0855. The highest BCUT2D eigenvalue weighted by Crippen LogP contribution is 2.26. The van der Waals surface area contributed by atoms with E-state index in [-0.39, 0.29) is 0 Å². The van der Waals surface area contributed by atoms with Crippen LogP contribution in [0.1, 0.15) is 29.6 Å². The van der Waals surface area contributed by atoms with Gasteiger partial charge >= 0.3 is 0 Å². The van der Waals surface area contributed by atoms with Crippen LogP contribution in [0.5, 0.6) is 0 Å². The molecule has 1 aliphatic rings. The zero-order valence-electron chi connectivity index (χ0n) is 15.8. The van der Waals surface area contributed by atoms with E-state index in [0.29, 0.717) is 11.3 Å². The molecule has 0 aliphatic carbocycles. The second-order valence-electron chi connectivity index (χ2n) is 7.13. The summed E-state index contributed by atoms with van der Waals surface area (Å²) in [6, 6.07) is 24.8. The number of hydroxylamine groups is 1. The summed E-state index contributed by atoms with van der Waals surface area (Å²) in [4.78, 5) is 15.2. The van der Waals surface area contributed by atoms with Crippen molar-refractivity contribution in [2.24, 2.45) is 0 Å². The number of hydrogen-bond acceptors (Lipinski definition) is 3. The van der Waals surface area contributed by atoms with Crippen molar-refractivity contribution < 1.29 is 10.0 Å². The molecule has 1 saturated heterocycles. The molecule has 4 rings (SSSR count). The Morgan fingerprint density at radius 2 is 1.50 bits per heavy atom. The maximum Gasteiger partial charge on any atom is 0.282 e. The van der Waals surface area contributed by atoms with Gasteiger partial charge in [0.1, 0.15) is 0 Å². The molecule has 0 spiro atoms. The predicted molar refractivity (Wildman–Crippen MR) is 113 cm³/mol. The summed E-state index contributed by atoms with van der Waals surface area (Å²) in [6.07, 6.45) is 3.62. The van der Waals surface area contributed by atoms with Crippen LogP contribution in [0.3, 0.4) is 0 Å². The Morgan fingerprint density at radius 3 is 2.29 bits per heavy atom. The zero-order valence-corrected chi connectivity index (χ0v) is 15.8. The number of hydrogen-bond donors (Lipinski definition) is 1. The quantitative estimate of drug-likeness (QED) is 0.494. The lowest BCUT2D eigenvalue weighted by Gasteiger charge is -2.29. The van der Waals surface area contributed by atoms with E-state index < -0.39 is 5.91 Å². The predicted octanol–water partition coefficient (Wildman–Crippen LogP) is 5.38. The number of carbonyl (C=O) groups is 1. The molecule has 1 amide bonds. The molecule has 0 aromatic heterocycles. The molecule has 28 heavy (non-hydrogen) atoms. The van der Waals surface area contributed by atoms with Gasteiger partial charge in [-0.05, 0) is 60.7 Å². The number of rotatable bonds is 4. The number of carbonyl (C=O) groups excluding carboxylic acids is 1. The Balaban J connectivity index is 1.57. The van der Waals surface area contributed by atoms with Crippen molar-refractivity contribution in [3.63, 3.8) is 0 Å². The summed E-state index contributed by atoms with van der Waals surface area (Å²) in [7, 11) is 0. The molecule has 1 N–H and O–H groups in total. The summed E-state index contributed by atoms with van der Waals surface area (Å²) in [5.41, 5.74) is 3.96. The van der Waals surface area contributed by atoms with Crippen LogP contribution in [-0.4, -0.2) is 24.2 Å². The SMILES string of the molecule is O=C(c1cccc(N2CCCCC2)c1)N(O)c1cccc(-c2ccccc2)c1. The van der Waals surface area contributed by atoms with Crippen molar-refractivity contribution in [2.45, 2.75) is 19.3 Å². The monoisotopic (exact) mass is 372 g/mol. The van der Waals surface area contributed by atoms with E-state index in [2.05, 4.69) is 4.90 Å². The normalized spacial score (nSPS) is 14.0. The molecule has 0 saturated carbocycles. The third-order valence-electron chi connectivity index (χ3n) is 5.20. The molecule has 1 aliphatic heterocycles. The van der Waals surface area contributed by atoms with Gasteiger partial charge in [0, 0.05) is 24.3 Å². The fourth-order valence-corrected chi connectivity index (χ4v) is 3.68. The van der Waals surface area contributed by atoms with Gasteiger partial charge in [-0.2, -0.15) is 5.06 Å². The third kappa shape index (κ3) is 3.92. The second kappa shape index (κ2) is 8.28. The molecular weight excluding hydrogens is 348 g/mol. The summed E-state index contributed by atoms with van der Waals surface area (Å²) in [5.74, 6) is -0.427. The lowest BCUT2D eigenvalue weighted by Crippen LogP contribution is -2.30. The molecule has 0 unspecified atom stereocenters. The van der Waals surface area contributed by atoms with E-state index in [4.69, 9.17) is 0 Å². The largest absolute Gasteiger partial charge is 0.372 e. The van der Waals surface area contributed by atoms with Gasteiger partial charge in [0.2, 0.25) is 0 Å². The van der Waals surface area contributed by atoms with Gasteiger partial charge in [-0.25, -0.2) is 0 Å². The highest BCUT2D eigenvalue weighted by molar-refractivity contribution is 6.05. The van der Waals surface area contributed by atoms with Crippen molar-refractivity contribution in [1.82, 2.24) is 0 Å². The molecule has 1 heterocycles. The minimum absolute atomic E-state index is 0.427. The van der Waals surface area contributed by atoms with Crippen molar-refractivity contribution in [3.05, 3.63) is 84.4 Å². The smallest absolute Gasteiger partial charge is 0.282 e. The molecule has 1 fully saturated rings. The molecule has 3 aromatic carbocycles. The Hall–Kier alpha value is -3.11. The standard InChI is InChI=1S/C24H24N2O2/c27-24(21-12-8-13-22(18-21)25-15-5-2-6-16-25)26(28)23-14-7-11-20(17-23)19-9-3-1-4-10-19/h1,3-4,7-14,17-18,28H,2,5-6,15-16H2. The number of benzene rings is 3. The lowest BCUT2D eigenvalue weighted by atomic mass is 10.0. The van der Waals surface area contributed by atoms with Crippen molar-refractivity contribution in [2.75, 3.05) is 23.1 Å². The second-order valence-corrected chi connectivity index (χ2v) is 7.13. The molecule has 142 valence electrons. The summed E-state index contributed by atoms with van der Waals surface area (Å²) >= 11 is 0. The van der Waals surface area contributed by atoms with Crippen LogP contribution in [-0.2, 0) is 0 Å². The summed E-state index contributed by atoms with van der Waals surface area (Å²) in [6.45, 7) is 2.03. The number of anilines is 2. The average Bonchev–Trinajstić information content (AvgIpc) is 2.79. The highest BCUT2D eigenvalue weighted by Gasteiger charge is 2.18. The topological polar surface area (TPSA) is 43.8 Å². The molecule has 4 heteroatoms. The zero-order chi connectivity index (χ0) is 19.3. The summed E-state index contributed by atoms with van der Waals surface area (Å²) in [5, 5.41) is 11.3. The first-order chi connectivity index (χ1) is 13.7. The fraction of sp³-hybridized carbons (Fsp3) is 0.208. The van der Waals surface area contributed by atoms with Gasteiger partial charge in [0.25, 0.3) is 5.91 Å². The van der Waals surface area contributed by atoms with Gasteiger partial charge in [-0.15, -0.1) is 0 Å². The molecule has 0 atom stereocenters. The van der Waals surface area contributed by atoms with Gasteiger partial charge in [-0.1, -0.05) is 48.5 Å². The summed E-state index contributed by atoms with van der Waals surface area (Å²) < 4.78 is 0. The first-order valence-electron chi connectivity index (χ1n) is 9.76. The van der Waals surface area contributed by atoms with Crippen molar-refractivity contribution >= 4 is 17.3 Å². The Bertz CT molecular complexity index is 950. The number of amides is 1. The van der Waals surface area contributed by atoms with E-state index in [9.17, 15) is 10.0 Å². The minimum atomic E-state index is -0.427. The van der Waals surface area contributed by atoms with Crippen LogP contribution >= 0.6 is 0 Å². The average molecular weight is 372 g/mol. The molecule has 4 nitrogen and oxygen atoms in total. The van der Waals surface area contributed by atoms with Crippen molar-refractivity contribution in [1.29, 1.82) is 0 Å². The van der Waals surface area contributed by atoms with Gasteiger partial charge < -0.3 is 4.90 Å².